The van der Waals surface area contributed by atoms with Crippen molar-refractivity contribution in [3.8, 4) is 0 Å². The molecule has 2 aromatic carbocycles. The number of benzene rings is 2. The van der Waals surface area contributed by atoms with Crippen molar-refractivity contribution in [2.45, 2.75) is 24.7 Å². The fourth-order valence-corrected chi connectivity index (χ4v) is 3.49. The van der Waals surface area contributed by atoms with Gasteiger partial charge in [-0.3, -0.25) is 10.1 Å². The van der Waals surface area contributed by atoms with Gasteiger partial charge in [-0.1, -0.05) is 30.3 Å². The molecular formula is C16H15N3O4S. The van der Waals surface area contributed by atoms with E-state index in [1.54, 1.807) is 6.92 Å². The number of rotatable bonds is 4. The van der Waals surface area contributed by atoms with Crippen molar-refractivity contribution in [2.75, 3.05) is 0 Å². The van der Waals surface area contributed by atoms with Gasteiger partial charge in [-0.15, -0.1) is 0 Å². The van der Waals surface area contributed by atoms with E-state index in [-0.39, 0.29) is 10.6 Å². The van der Waals surface area contributed by atoms with Gasteiger partial charge in [0, 0.05) is 17.2 Å². The summed E-state index contributed by atoms with van der Waals surface area (Å²) in [6, 6.07) is 11.5. The maximum Gasteiger partial charge on any atom is 0.276 e. The molecule has 1 aliphatic rings. The molecule has 1 N–H and O–H groups in total. The summed E-state index contributed by atoms with van der Waals surface area (Å²) in [6.07, 6.45) is 1.46. The average molecular weight is 345 g/mol. The average Bonchev–Trinajstić information content (AvgIpc) is 2.96. The molecule has 0 saturated heterocycles. The van der Waals surface area contributed by atoms with Crippen molar-refractivity contribution < 1.29 is 13.3 Å². The molecule has 0 aromatic heterocycles. The van der Waals surface area contributed by atoms with Crippen molar-refractivity contribution in [3.05, 3.63) is 69.3 Å². The lowest BCUT2D eigenvalue weighted by Crippen LogP contribution is -2.20. The highest BCUT2D eigenvalue weighted by Crippen LogP contribution is 2.24. The van der Waals surface area contributed by atoms with E-state index in [0.717, 1.165) is 23.6 Å². The predicted octanol–water partition coefficient (Wildman–Crippen LogP) is 2.53. The van der Waals surface area contributed by atoms with Gasteiger partial charge in [0.25, 0.3) is 15.7 Å². The Hall–Kier alpha value is -2.74. The Morgan fingerprint density at radius 3 is 2.67 bits per heavy atom. The quantitative estimate of drug-likeness (QED) is 0.679. The van der Waals surface area contributed by atoms with Gasteiger partial charge in [-0.25, -0.2) is 0 Å². The van der Waals surface area contributed by atoms with E-state index < -0.39 is 14.9 Å². The Morgan fingerprint density at radius 2 is 1.92 bits per heavy atom. The first-order chi connectivity index (χ1) is 11.4. The number of hydrogen-bond acceptors (Lipinski definition) is 5. The standard InChI is InChI=1S/C16H15N3O4S/c1-11-6-8-13(10-16(11)19(20)21)24(22,23)18-17-15-9-7-12-4-2-3-5-14(12)15/h2-6,8,10,18H,7,9H2,1H3/b17-15-. The number of nitrogens with one attached hydrogen (secondary N) is 1. The molecule has 124 valence electrons. The summed E-state index contributed by atoms with van der Waals surface area (Å²) in [4.78, 5) is 12.4. The van der Waals surface area contributed by atoms with E-state index in [4.69, 9.17) is 0 Å². The number of nitro benzene ring substituents is 1. The normalized spacial score (nSPS) is 15.3. The molecule has 3 rings (SSSR count). The third kappa shape index (κ3) is 3.00. The summed E-state index contributed by atoms with van der Waals surface area (Å²) in [5, 5.41) is 15.0. The van der Waals surface area contributed by atoms with Gasteiger partial charge in [-0.05, 0) is 31.4 Å². The fourth-order valence-electron chi connectivity index (χ4n) is 2.64. The number of hydrazone groups is 1. The number of nitro groups is 1. The molecule has 0 amide bonds. The zero-order chi connectivity index (χ0) is 17.3. The highest BCUT2D eigenvalue weighted by atomic mass is 32.2. The van der Waals surface area contributed by atoms with Crippen LogP contribution in [-0.4, -0.2) is 19.1 Å². The molecule has 24 heavy (non-hydrogen) atoms. The van der Waals surface area contributed by atoms with Crippen molar-refractivity contribution in [1.29, 1.82) is 0 Å². The van der Waals surface area contributed by atoms with Gasteiger partial charge in [-0.2, -0.15) is 18.4 Å². The number of fused-ring (bicyclic) bond motifs is 1. The van der Waals surface area contributed by atoms with Crippen LogP contribution < -0.4 is 4.83 Å². The van der Waals surface area contributed by atoms with Gasteiger partial charge in [0.05, 0.1) is 15.5 Å². The van der Waals surface area contributed by atoms with Gasteiger partial charge in [0.1, 0.15) is 0 Å². The molecule has 0 bridgehead atoms. The number of aryl methyl sites for hydroxylation is 2. The molecule has 0 aliphatic heterocycles. The van der Waals surface area contributed by atoms with Crippen LogP contribution in [-0.2, 0) is 16.4 Å². The van der Waals surface area contributed by atoms with Crippen LogP contribution >= 0.6 is 0 Å². The number of nitrogens with zero attached hydrogens (tertiary/aromatic N) is 2. The summed E-state index contributed by atoms with van der Waals surface area (Å²) in [7, 11) is -3.97. The van der Waals surface area contributed by atoms with Crippen LogP contribution in [0.5, 0.6) is 0 Å². The van der Waals surface area contributed by atoms with Crippen molar-refractivity contribution in [3.63, 3.8) is 0 Å². The second-order valence-electron chi connectivity index (χ2n) is 5.52. The third-order valence-corrected chi connectivity index (χ3v) is 5.15. The zero-order valence-electron chi connectivity index (χ0n) is 12.9. The van der Waals surface area contributed by atoms with Crippen molar-refractivity contribution in [1.82, 2.24) is 4.83 Å². The van der Waals surface area contributed by atoms with Crippen molar-refractivity contribution >= 4 is 21.4 Å². The Morgan fingerprint density at radius 1 is 1.17 bits per heavy atom. The van der Waals surface area contributed by atoms with Crippen LogP contribution in [0.15, 0.2) is 52.5 Å². The Kier molecular flexibility index (Phi) is 4.06. The van der Waals surface area contributed by atoms with Gasteiger partial charge in [0.2, 0.25) is 0 Å². The van der Waals surface area contributed by atoms with E-state index in [0.29, 0.717) is 17.7 Å². The molecule has 0 unspecified atom stereocenters. The molecule has 0 spiro atoms. The van der Waals surface area contributed by atoms with Crippen LogP contribution in [0, 0.1) is 17.0 Å². The smallest absolute Gasteiger partial charge is 0.258 e. The molecule has 0 saturated carbocycles. The molecule has 0 atom stereocenters. The number of hydrogen-bond donors (Lipinski definition) is 1. The van der Waals surface area contributed by atoms with E-state index in [1.807, 2.05) is 24.3 Å². The second kappa shape index (κ2) is 6.04. The van der Waals surface area contributed by atoms with Crippen molar-refractivity contribution in [2.24, 2.45) is 5.10 Å². The maximum atomic E-state index is 12.3. The molecular weight excluding hydrogens is 330 g/mol. The fraction of sp³-hybridized carbons (Fsp3) is 0.188. The summed E-state index contributed by atoms with van der Waals surface area (Å²) >= 11 is 0. The minimum Gasteiger partial charge on any atom is -0.258 e. The van der Waals surface area contributed by atoms with Crippen LogP contribution in [0.4, 0.5) is 5.69 Å². The van der Waals surface area contributed by atoms with Gasteiger partial charge >= 0.3 is 0 Å². The van der Waals surface area contributed by atoms with Crippen LogP contribution in [0.2, 0.25) is 0 Å². The lowest BCUT2D eigenvalue weighted by Gasteiger charge is -2.06. The van der Waals surface area contributed by atoms with Gasteiger partial charge < -0.3 is 0 Å². The predicted molar refractivity (Wildman–Crippen MR) is 89.5 cm³/mol. The van der Waals surface area contributed by atoms with Crippen LogP contribution in [0.25, 0.3) is 0 Å². The van der Waals surface area contributed by atoms with E-state index in [9.17, 15) is 18.5 Å². The topological polar surface area (TPSA) is 102 Å². The molecule has 7 nitrogen and oxygen atoms in total. The Bertz CT molecular complexity index is 952. The van der Waals surface area contributed by atoms with E-state index in [2.05, 4.69) is 9.93 Å². The summed E-state index contributed by atoms with van der Waals surface area (Å²) in [5.74, 6) is 0. The molecule has 0 heterocycles. The van der Waals surface area contributed by atoms with Crippen LogP contribution in [0.3, 0.4) is 0 Å². The van der Waals surface area contributed by atoms with E-state index >= 15 is 0 Å². The third-order valence-electron chi connectivity index (χ3n) is 3.95. The largest absolute Gasteiger partial charge is 0.276 e. The first-order valence-electron chi connectivity index (χ1n) is 7.30. The lowest BCUT2D eigenvalue weighted by atomic mass is 10.1. The molecule has 0 radical (unpaired) electrons. The first kappa shape index (κ1) is 16.1. The van der Waals surface area contributed by atoms with Gasteiger partial charge in [0.15, 0.2) is 0 Å². The molecule has 0 fully saturated rings. The highest BCUT2D eigenvalue weighted by Gasteiger charge is 2.21. The molecule has 8 heteroatoms. The molecule has 2 aromatic rings. The monoisotopic (exact) mass is 345 g/mol. The maximum absolute atomic E-state index is 12.3. The zero-order valence-corrected chi connectivity index (χ0v) is 13.7. The summed E-state index contributed by atoms with van der Waals surface area (Å²) in [6.45, 7) is 1.55. The second-order valence-corrected chi connectivity index (χ2v) is 7.18. The Labute approximate surface area is 139 Å². The summed E-state index contributed by atoms with van der Waals surface area (Å²) < 4.78 is 24.7. The van der Waals surface area contributed by atoms with Crippen LogP contribution in [0.1, 0.15) is 23.1 Å². The first-order valence-corrected chi connectivity index (χ1v) is 8.78. The molecule has 1 aliphatic carbocycles. The minimum absolute atomic E-state index is 0.185. The lowest BCUT2D eigenvalue weighted by molar-refractivity contribution is -0.385. The highest BCUT2D eigenvalue weighted by molar-refractivity contribution is 7.89. The SMILES string of the molecule is Cc1ccc(S(=O)(=O)N/N=C2/CCc3ccccc32)cc1[N+](=O)[O-]. The minimum atomic E-state index is -3.97. The number of sulfonamides is 1. The van der Waals surface area contributed by atoms with E-state index in [1.165, 1.54) is 12.1 Å². The Balaban J connectivity index is 1.89. The summed E-state index contributed by atoms with van der Waals surface area (Å²) in [5.41, 5.74) is 2.87.